The summed E-state index contributed by atoms with van der Waals surface area (Å²) in [5, 5.41) is 15.0. The summed E-state index contributed by atoms with van der Waals surface area (Å²) in [5.41, 5.74) is 3.26. The van der Waals surface area contributed by atoms with Crippen LogP contribution in [-0.2, 0) is 12.8 Å². The smallest absolute Gasteiger partial charge is 0.351 e. The topological polar surface area (TPSA) is 84.2 Å². The SMILES string of the molecule is CCc1ccc(Nc2ncnc(N3CCC(Cc4ccccc4)CC3)c2[N+](=O)[O-])cc1. The molecule has 2 aromatic carbocycles. The second-order valence-corrected chi connectivity index (χ2v) is 7.95. The zero-order valence-corrected chi connectivity index (χ0v) is 17.7. The van der Waals surface area contributed by atoms with Crippen molar-refractivity contribution in [3.05, 3.63) is 82.2 Å². The monoisotopic (exact) mass is 417 g/mol. The van der Waals surface area contributed by atoms with Gasteiger partial charge in [0.15, 0.2) is 0 Å². The van der Waals surface area contributed by atoms with Gasteiger partial charge in [0.05, 0.1) is 4.92 Å². The van der Waals surface area contributed by atoms with Gasteiger partial charge in [-0.1, -0.05) is 49.4 Å². The molecule has 0 radical (unpaired) electrons. The molecule has 0 unspecified atom stereocenters. The molecule has 7 heteroatoms. The average Bonchev–Trinajstić information content (AvgIpc) is 2.80. The van der Waals surface area contributed by atoms with Crippen molar-refractivity contribution >= 4 is 23.0 Å². The molecule has 2 heterocycles. The molecule has 1 aromatic heterocycles. The van der Waals surface area contributed by atoms with Crippen LogP contribution in [0.4, 0.5) is 23.0 Å². The van der Waals surface area contributed by atoms with Crippen LogP contribution in [0.5, 0.6) is 0 Å². The van der Waals surface area contributed by atoms with E-state index in [9.17, 15) is 10.1 Å². The summed E-state index contributed by atoms with van der Waals surface area (Å²) in [4.78, 5) is 22.0. The first-order valence-electron chi connectivity index (χ1n) is 10.8. The van der Waals surface area contributed by atoms with E-state index in [1.807, 2.05) is 35.2 Å². The Morgan fingerprint density at radius 1 is 1.03 bits per heavy atom. The summed E-state index contributed by atoms with van der Waals surface area (Å²) in [6.07, 6.45) is 5.36. The van der Waals surface area contributed by atoms with Crippen molar-refractivity contribution in [2.45, 2.75) is 32.6 Å². The highest BCUT2D eigenvalue weighted by Gasteiger charge is 2.30. The maximum Gasteiger partial charge on any atom is 0.353 e. The van der Waals surface area contributed by atoms with Crippen molar-refractivity contribution < 1.29 is 4.92 Å². The molecule has 31 heavy (non-hydrogen) atoms. The normalized spacial score (nSPS) is 14.4. The average molecular weight is 418 g/mol. The Morgan fingerprint density at radius 2 is 1.74 bits per heavy atom. The van der Waals surface area contributed by atoms with Crippen molar-refractivity contribution in [3.63, 3.8) is 0 Å². The van der Waals surface area contributed by atoms with E-state index in [0.29, 0.717) is 11.7 Å². The molecule has 7 nitrogen and oxygen atoms in total. The van der Waals surface area contributed by atoms with Crippen LogP contribution >= 0.6 is 0 Å². The Balaban J connectivity index is 1.49. The molecular formula is C24H27N5O2. The second kappa shape index (κ2) is 9.55. The van der Waals surface area contributed by atoms with Gasteiger partial charge in [-0.3, -0.25) is 10.1 Å². The molecule has 0 bridgehead atoms. The lowest BCUT2D eigenvalue weighted by Crippen LogP contribution is -2.35. The molecule has 1 aliphatic rings. The van der Waals surface area contributed by atoms with E-state index in [0.717, 1.165) is 44.5 Å². The van der Waals surface area contributed by atoms with Gasteiger partial charge in [-0.05, 0) is 54.9 Å². The Hall–Kier alpha value is -3.48. The summed E-state index contributed by atoms with van der Waals surface area (Å²) < 4.78 is 0. The zero-order valence-electron chi connectivity index (χ0n) is 17.7. The fourth-order valence-corrected chi connectivity index (χ4v) is 4.12. The van der Waals surface area contributed by atoms with Gasteiger partial charge in [0.25, 0.3) is 0 Å². The highest BCUT2D eigenvalue weighted by atomic mass is 16.6. The van der Waals surface area contributed by atoms with Crippen LogP contribution in [0.2, 0.25) is 0 Å². The molecule has 0 amide bonds. The molecule has 4 rings (SSSR count). The van der Waals surface area contributed by atoms with Gasteiger partial charge in [-0.2, -0.15) is 0 Å². The quantitative estimate of drug-likeness (QED) is 0.423. The molecule has 160 valence electrons. The van der Waals surface area contributed by atoms with E-state index < -0.39 is 0 Å². The molecule has 0 aliphatic carbocycles. The molecule has 1 saturated heterocycles. The number of nitrogens with one attached hydrogen (secondary N) is 1. The third-order valence-electron chi connectivity index (χ3n) is 5.89. The minimum absolute atomic E-state index is 0.0661. The third-order valence-corrected chi connectivity index (χ3v) is 5.89. The number of anilines is 3. The highest BCUT2D eigenvalue weighted by Crippen LogP contribution is 2.35. The minimum atomic E-state index is -0.381. The van der Waals surface area contributed by atoms with Gasteiger partial charge >= 0.3 is 5.69 Å². The predicted molar refractivity (Wildman–Crippen MR) is 123 cm³/mol. The number of hydrogen-bond donors (Lipinski definition) is 1. The summed E-state index contributed by atoms with van der Waals surface area (Å²) in [7, 11) is 0. The standard InChI is InChI=1S/C24H27N5O2/c1-2-18-8-10-21(11-9-18)27-23-22(29(30)31)24(26-17-25-23)28-14-12-20(13-15-28)16-19-6-4-3-5-7-19/h3-11,17,20H,2,12-16H2,1H3,(H,25,26,27). The van der Waals surface area contributed by atoms with Gasteiger partial charge in [-0.25, -0.2) is 9.97 Å². The Bertz CT molecular complexity index is 1020. The zero-order chi connectivity index (χ0) is 21.6. The van der Waals surface area contributed by atoms with Gasteiger partial charge in [-0.15, -0.1) is 0 Å². The molecule has 0 saturated carbocycles. The Morgan fingerprint density at radius 3 is 2.39 bits per heavy atom. The maximum atomic E-state index is 11.9. The van der Waals surface area contributed by atoms with Crippen molar-refractivity contribution in [2.24, 2.45) is 5.92 Å². The number of rotatable bonds is 7. The lowest BCUT2D eigenvalue weighted by atomic mass is 9.90. The van der Waals surface area contributed by atoms with Crippen LogP contribution in [0.25, 0.3) is 0 Å². The van der Waals surface area contributed by atoms with Gasteiger partial charge < -0.3 is 10.2 Å². The van der Waals surface area contributed by atoms with E-state index in [1.54, 1.807) is 0 Å². The fraction of sp³-hybridized carbons (Fsp3) is 0.333. The molecule has 1 fully saturated rings. The number of aromatic nitrogens is 2. The van der Waals surface area contributed by atoms with Crippen molar-refractivity contribution in [3.8, 4) is 0 Å². The van der Waals surface area contributed by atoms with Crippen LogP contribution in [0.3, 0.4) is 0 Å². The lowest BCUT2D eigenvalue weighted by Gasteiger charge is -2.32. The minimum Gasteiger partial charge on any atom is -0.351 e. The van der Waals surface area contributed by atoms with Crippen LogP contribution in [0.1, 0.15) is 30.9 Å². The number of hydrogen-bond acceptors (Lipinski definition) is 6. The third kappa shape index (κ3) is 4.99. The Kier molecular flexibility index (Phi) is 6.40. The second-order valence-electron chi connectivity index (χ2n) is 7.95. The fourth-order valence-electron chi connectivity index (χ4n) is 4.12. The molecule has 1 aliphatic heterocycles. The number of benzene rings is 2. The van der Waals surface area contributed by atoms with Crippen LogP contribution in [-0.4, -0.2) is 28.0 Å². The van der Waals surface area contributed by atoms with Crippen molar-refractivity contribution in [1.29, 1.82) is 0 Å². The number of piperidine rings is 1. The first kappa shape index (κ1) is 20.8. The highest BCUT2D eigenvalue weighted by molar-refractivity contribution is 5.74. The van der Waals surface area contributed by atoms with E-state index in [-0.39, 0.29) is 16.4 Å². The molecule has 3 aromatic rings. The van der Waals surface area contributed by atoms with E-state index in [2.05, 4.69) is 46.5 Å². The Labute approximate surface area is 182 Å². The molecular weight excluding hydrogens is 390 g/mol. The van der Waals surface area contributed by atoms with E-state index in [1.165, 1.54) is 17.5 Å². The summed E-state index contributed by atoms with van der Waals surface area (Å²) in [5.74, 6) is 1.20. The van der Waals surface area contributed by atoms with Crippen LogP contribution < -0.4 is 10.2 Å². The van der Waals surface area contributed by atoms with E-state index in [4.69, 9.17) is 0 Å². The molecule has 1 N–H and O–H groups in total. The molecule has 0 atom stereocenters. The van der Waals surface area contributed by atoms with Gasteiger partial charge in [0.1, 0.15) is 6.33 Å². The summed E-state index contributed by atoms with van der Waals surface area (Å²) in [6.45, 7) is 3.59. The first-order chi connectivity index (χ1) is 15.1. The maximum absolute atomic E-state index is 11.9. The number of nitro groups is 1. The summed E-state index contributed by atoms with van der Waals surface area (Å²) in [6, 6.07) is 18.3. The number of nitrogens with zero attached hydrogens (tertiary/aromatic N) is 4. The predicted octanol–water partition coefficient (Wildman–Crippen LogP) is 5.15. The van der Waals surface area contributed by atoms with Crippen LogP contribution in [0, 0.1) is 16.0 Å². The van der Waals surface area contributed by atoms with Crippen molar-refractivity contribution in [1.82, 2.24) is 9.97 Å². The van der Waals surface area contributed by atoms with Gasteiger partial charge in [0.2, 0.25) is 11.6 Å². The largest absolute Gasteiger partial charge is 0.353 e. The van der Waals surface area contributed by atoms with Gasteiger partial charge in [0, 0.05) is 18.8 Å². The van der Waals surface area contributed by atoms with Crippen LogP contribution in [0.15, 0.2) is 60.9 Å². The lowest BCUT2D eigenvalue weighted by molar-refractivity contribution is -0.383. The molecule has 0 spiro atoms. The number of aryl methyl sites for hydroxylation is 1. The van der Waals surface area contributed by atoms with Crippen molar-refractivity contribution in [2.75, 3.05) is 23.3 Å². The van der Waals surface area contributed by atoms with E-state index >= 15 is 0 Å². The summed E-state index contributed by atoms with van der Waals surface area (Å²) >= 11 is 0. The first-order valence-corrected chi connectivity index (χ1v) is 10.8.